The topological polar surface area (TPSA) is 12.5 Å². The van der Waals surface area contributed by atoms with Gasteiger partial charge in [-0.05, 0) is 30.0 Å². The third kappa shape index (κ3) is 4.09. The van der Waals surface area contributed by atoms with E-state index in [4.69, 9.17) is 4.74 Å². The van der Waals surface area contributed by atoms with E-state index in [0.717, 1.165) is 18.5 Å². The highest BCUT2D eigenvalue weighted by Crippen LogP contribution is 2.35. The van der Waals surface area contributed by atoms with Crippen LogP contribution in [0.5, 0.6) is 0 Å². The smallest absolute Gasteiger partial charge is 0.378 e. The summed E-state index contributed by atoms with van der Waals surface area (Å²) in [6.07, 6.45) is -1.10. The molecule has 1 saturated heterocycles. The SMILES string of the molecule is FC(F)(F)c1ccccc1CC1=CC2COCC(C1)N2Cc1ccccc1. The molecule has 5 heteroatoms. The molecule has 2 aliphatic heterocycles. The average molecular weight is 373 g/mol. The summed E-state index contributed by atoms with van der Waals surface area (Å²) < 4.78 is 45.6. The van der Waals surface area contributed by atoms with Gasteiger partial charge in [0.05, 0.1) is 24.8 Å². The quantitative estimate of drug-likeness (QED) is 0.711. The van der Waals surface area contributed by atoms with Gasteiger partial charge < -0.3 is 4.74 Å². The second-order valence-electron chi connectivity index (χ2n) is 7.28. The number of hydrogen-bond donors (Lipinski definition) is 0. The number of rotatable bonds is 4. The predicted octanol–water partition coefficient (Wildman–Crippen LogP) is 4.85. The number of benzene rings is 2. The Bertz CT molecular complexity index is 816. The molecule has 27 heavy (non-hydrogen) atoms. The largest absolute Gasteiger partial charge is 0.416 e. The monoisotopic (exact) mass is 373 g/mol. The van der Waals surface area contributed by atoms with E-state index in [0.29, 0.717) is 25.2 Å². The summed E-state index contributed by atoms with van der Waals surface area (Å²) in [6.45, 7) is 2.05. The Balaban J connectivity index is 1.55. The van der Waals surface area contributed by atoms with E-state index >= 15 is 0 Å². The van der Waals surface area contributed by atoms with Gasteiger partial charge in [0.15, 0.2) is 0 Å². The van der Waals surface area contributed by atoms with Crippen molar-refractivity contribution in [2.75, 3.05) is 13.2 Å². The number of halogens is 3. The maximum absolute atomic E-state index is 13.3. The normalized spacial score (nSPS) is 23.1. The number of nitrogens with zero attached hydrogens (tertiary/aromatic N) is 1. The van der Waals surface area contributed by atoms with E-state index in [2.05, 4.69) is 23.1 Å². The Morgan fingerprint density at radius 3 is 2.44 bits per heavy atom. The molecule has 0 aromatic heterocycles. The molecule has 1 fully saturated rings. The van der Waals surface area contributed by atoms with Crippen LogP contribution in [-0.2, 0) is 23.9 Å². The fourth-order valence-corrected chi connectivity index (χ4v) is 4.12. The molecule has 4 rings (SSSR count). The van der Waals surface area contributed by atoms with Crippen molar-refractivity contribution in [2.24, 2.45) is 0 Å². The van der Waals surface area contributed by atoms with Crippen molar-refractivity contribution in [3.05, 3.63) is 82.9 Å². The molecule has 2 unspecified atom stereocenters. The molecular weight excluding hydrogens is 351 g/mol. The Morgan fingerprint density at radius 2 is 1.70 bits per heavy atom. The van der Waals surface area contributed by atoms with Crippen molar-refractivity contribution in [3.8, 4) is 0 Å². The first-order chi connectivity index (χ1) is 13.0. The van der Waals surface area contributed by atoms with Gasteiger partial charge in [-0.2, -0.15) is 13.2 Å². The van der Waals surface area contributed by atoms with E-state index in [-0.39, 0.29) is 12.1 Å². The van der Waals surface area contributed by atoms with Crippen LogP contribution in [0.15, 0.2) is 66.2 Å². The molecule has 0 aliphatic carbocycles. The van der Waals surface area contributed by atoms with Crippen molar-refractivity contribution in [3.63, 3.8) is 0 Å². The fourth-order valence-electron chi connectivity index (χ4n) is 4.12. The molecule has 2 aliphatic rings. The summed E-state index contributed by atoms with van der Waals surface area (Å²) in [5.74, 6) is 0. The lowest BCUT2D eigenvalue weighted by Gasteiger charge is -2.45. The predicted molar refractivity (Wildman–Crippen MR) is 98.2 cm³/mol. The number of fused-ring (bicyclic) bond motifs is 2. The number of ether oxygens (including phenoxy) is 1. The number of morpholine rings is 1. The third-order valence-electron chi connectivity index (χ3n) is 5.37. The van der Waals surface area contributed by atoms with Gasteiger partial charge in [-0.1, -0.05) is 60.2 Å². The minimum absolute atomic E-state index is 0.116. The molecule has 0 radical (unpaired) electrons. The maximum atomic E-state index is 13.3. The van der Waals surface area contributed by atoms with Gasteiger partial charge in [0, 0.05) is 12.6 Å². The maximum Gasteiger partial charge on any atom is 0.416 e. The van der Waals surface area contributed by atoms with Crippen molar-refractivity contribution >= 4 is 0 Å². The van der Waals surface area contributed by atoms with E-state index < -0.39 is 11.7 Å². The fraction of sp³-hybridized carbons (Fsp3) is 0.364. The standard InChI is InChI=1S/C22H22F3NO/c23-22(24,25)21-9-5-4-8-18(21)10-17-11-19-14-27-15-20(12-17)26(19)13-16-6-2-1-3-7-16/h1-9,11,19-20H,10,12-15H2. The summed E-state index contributed by atoms with van der Waals surface area (Å²) in [7, 11) is 0. The summed E-state index contributed by atoms with van der Waals surface area (Å²) in [5, 5.41) is 0. The minimum atomic E-state index is -4.32. The molecule has 0 N–H and O–H groups in total. The van der Waals surface area contributed by atoms with Gasteiger partial charge >= 0.3 is 6.18 Å². The van der Waals surface area contributed by atoms with Crippen molar-refractivity contribution < 1.29 is 17.9 Å². The molecule has 2 nitrogen and oxygen atoms in total. The van der Waals surface area contributed by atoms with E-state index in [1.165, 1.54) is 17.7 Å². The van der Waals surface area contributed by atoms with Gasteiger partial charge in [-0.15, -0.1) is 0 Å². The van der Waals surface area contributed by atoms with Crippen molar-refractivity contribution in [2.45, 2.75) is 37.6 Å². The summed E-state index contributed by atoms with van der Waals surface area (Å²) in [4.78, 5) is 2.41. The summed E-state index contributed by atoms with van der Waals surface area (Å²) >= 11 is 0. The van der Waals surface area contributed by atoms with Crippen LogP contribution in [0.3, 0.4) is 0 Å². The van der Waals surface area contributed by atoms with Gasteiger partial charge in [0.25, 0.3) is 0 Å². The first kappa shape index (κ1) is 18.3. The van der Waals surface area contributed by atoms with E-state index in [9.17, 15) is 13.2 Å². The highest BCUT2D eigenvalue weighted by Gasteiger charge is 2.36. The first-order valence-corrected chi connectivity index (χ1v) is 9.23. The molecular formula is C22H22F3NO. The molecule has 2 bridgehead atoms. The van der Waals surface area contributed by atoms with Crippen LogP contribution in [0.1, 0.15) is 23.1 Å². The highest BCUT2D eigenvalue weighted by atomic mass is 19.4. The molecule has 142 valence electrons. The number of hydrogen-bond acceptors (Lipinski definition) is 2. The van der Waals surface area contributed by atoms with Crippen LogP contribution in [0.2, 0.25) is 0 Å². The Kier molecular flexibility index (Phi) is 5.06. The second kappa shape index (κ2) is 7.49. The van der Waals surface area contributed by atoms with E-state index in [1.807, 2.05) is 18.2 Å². The molecule has 0 spiro atoms. The summed E-state index contributed by atoms with van der Waals surface area (Å²) in [5.41, 5.74) is 2.15. The molecule has 2 aromatic carbocycles. The minimum Gasteiger partial charge on any atom is -0.378 e. The van der Waals surface area contributed by atoms with Crippen LogP contribution < -0.4 is 0 Å². The van der Waals surface area contributed by atoms with Gasteiger partial charge in [0.1, 0.15) is 0 Å². The zero-order valence-corrected chi connectivity index (χ0v) is 15.0. The van der Waals surface area contributed by atoms with E-state index in [1.54, 1.807) is 12.1 Å². The highest BCUT2D eigenvalue weighted by molar-refractivity contribution is 5.34. The second-order valence-corrected chi connectivity index (χ2v) is 7.28. The van der Waals surface area contributed by atoms with Crippen LogP contribution in [-0.4, -0.2) is 30.2 Å². The van der Waals surface area contributed by atoms with Crippen LogP contribution >= 0.6 is 0 Å². The Labute approximate surface area is 157 Å². The zero-order chi connectivity index (χ0) is 18.9. The lowest BCUT2D eigenvalue weighted by atomic mass is 9.88. The van der Waals surface area contributed by atoms with Crippen LogP contribution in [0, 0.1) is 0 Å². The average Bonchev–Trinajstić information content (AvgIpc) is 2.63. The lowest BCUT2D eigenvalue weighted by Crippen LogP contribution is -2.53. The third-order valence-corrected chi connectivity index (χ3v) is 5.37. The van der Waals surface area contributed by atoms with Crippen LogP contribution in [0.4, 0.5) is 13.2 Å². The molecule has 0 amide bonds. The Hall–Kier alpha value is -2.11. The molecule has 2 heterocycles. The molecule has 2 aromatic rings. The van der Waals surface area contributed by atoms with Gasteiger partial charge in [-0.25, -0.2) is 0 Å². The van der Waals surface area contributed by atoms with Gasteiger partial charge in [0.2, 0.25) is 0 Å². The molecule has 2 atom stereocenters. The first-order valence-electron chi connectivity index (χ1n) is 9.23. The molecule has 0 saturated carbocycles. The lowest BCUT2D eigenvalue weighted by molar-refractivity contribution is -0.138. The summed E-state index contributed by atoms with van der Waals surface area (Å²) in [6, 6.07) is 16.5. The van der Waals surface area contributed by atoms with Crippen molar-refractivity contribution in [1.29, 1.82) is 0 Å². The number of alkyl halides is 3. The van der Waals surface area contributed by atoms with Crippen molar-refractivity contribution in [1.82, 2.24) is 4.90 Å². The Morgan fingerprint density at radius 1 is 0.963 bits per heavy atom. The van der Waals surface area contributed by atoms with Gasteiger partial charge in [-0.3, -0.25) is 4.90 Å². The zero-order valence-electron chi connectivity index (χ0n) is 15.0. The van der Waals surface area contributed by atoms with Crippen LogP contribution in [0.25, 0.3) is 0 Å².